The van der Waals surface area contributed by atoms with E-state index in [2.05, 4.69) is 22.1 Å². The number of ether oxygens (including phenoxy) is 1. The van der Waals surface area contributed by atoms with Gasteiger partial charge in [0, 0.05) is 24.8 Å². The smallest absolute Gasteiger partial charge is 0.131 e. The summed E-state index contributed by atoms with van der Waals surface area (Å²) in [5, 5.41) is 13.4. The minimum Gasteiger partial charge on any atom is -0.396 e. The van der Waals surface area contributed by atoms with Crippen LogP contribution in [0.2, 0.25) is 5.15 Å². The molecule has 3 fully saturated rings. The summed E-state index contributed by atoms with van der Waals surface area (Å²) >= 11 is 6.11. The van der Waals surface area contributed by atoms with Crippen LogP contribution in [0.1, 0.15) is 50.5 Å². The fourth-order valence-electron chi connectivity index (χ4n) is 4.32. The molecule has 1 aromatic heterocycles. The van der Waals surface area contributed by atoms with E-state index in [4.69, 9.17) is 16.3 Å². The molecule has 1 unspecified atom stereocenters. The molecule has 4 rings (SSSR count). The normalized spacial score (nSPS) is 33.8. The molecule has 2 bridgehead atoms. The number of fused-ring (bicyclic) bond motifs is 2. The van der Waals surface area contributed by atoms with Gasteiger partial charge >= 0.3 is 0 Å². The maximum Gasteiger partial charge on any atom is 0.131 e. The predicted molar refractivity (Wildman–Crippen MR) is 98.6 cm³/mol. The minimum absolute atomic E-state index is 0.302. The molecule has 3 heterocycles. The number of aliphatic hydroxyl groups excluding tert-OH is 1. The molecule has 3 aliphatic rings. The molecule has 1 aliphatic carbocycles. The summed E-state index contributed by atoms with van der Waals surface area (Å²) in [5.74, 6) is 7.54. The van der Waals surface area contributed by atoms with Gasteiger partial charge in [0.2, 0.25) is 0 Å². The van der Waals surface area contributed by atoms with Crippen LogP contribution in [0.15, 0.2) is 12.3 Å². The summed E-state index contributed by atoms with van der Waals surface area (Å²) in [5.41, 5.74) is 1.89. The zero-order valence-electron chi connectivity index (χ0n) is 14.4. The van der Waals surface area contributed by atoms with E-state index in [1.165, 1.54) is 6.42 Å². The molecule has 0 amide bonds. The van der Waals surface area contributed by atoms with Crippen molar-refractivity contribution in [3.8, 4) is 11.8 Å². The van der Waals surface area contributed by atoms with E-state index in [0.717, 1.165) is 49.8 Å². The monoisotopic (exact) mass is 360 g/mol. The molecule has 1 saturated carbocycles. The highest BCUT2D eigenvalue weighted by atomic mass is 35.5. The Labute approximate surface area is 154 Å². The second-order valence-corrected chi connectivity index (χ2v) is 7.97. The molecule has 0 spiro atoms. The maximum atomic E-state index is 9.29. The van der Waals surface area contributed by atoms with E-state index in [0.29, 0.717) is 41.8 Å². The Morgan fingerprint density at radius 3 is 2.76 bits per heavy atom. The average Bonchev–Trinajstić information content (AvgIpc) is 3.25. The Bertz CT molecular complexity index is 676. The van der Waals surface area contributed by atoms with E-state index >= 15 is 0 Å². The zero-order chi connectivity index (χ0) is 17.2. The van der Waals surface area contributed by atoms with Gasteiger partial charge in [0.15, 0.2) is 0 Å². The largest absolute Gasteiger partial charge is 0.396 e. The van der Waals surface area contributed by atoms with Gasteiger partial charge in [-0.05, 0) is 56.9 Å². The first-order valence-corrected chi connectivity index (χ1v) is 9.79. The molecular formula is C20H25ClN2O2. The summed E-state index contributed by atoms with van der Waals surface area (Å²) in [6.07, 6.45) is 10.2. The first-order valence-electron chi connectivity index (χ1n) is 9.41. The Balaban J connectivity index is 1.46. The topological polar surface area (TPSA) is 54.4 Å². The lowest BCUT2D eigenvalue weighted by atomic mass is 9.86. The van der Waals surface area contributed by atoms with Crippen LogP contribution in [0.4, 0.5) is 5.69 Å². The number of anilines is 1. The summed E-state index contributed by atoms with van der Waals surface area (Å²) in [7, 11) is 0. The van der Waals surface area contributed by atoms with Crippen molar-refractivity contribution in [3.63, 3.8) is 0 Å². The number of hydrogen-bond donors (Lipinski definition) is 2. The Kier molecular flexibility index (Phi) is 5.17. The lowest BCUT2D eigenvalue weighted by Gasteiger charge is -2.29. The summed E-state index contributed by atoms with van der Waals surface area (Å²) in [6, 6.07) is 2.29. The second kappa shape index (κ2) is 7.53. The molecule has 0 aromatic carbocycles. The van der Waals surface area contributed by atoms with Crippen LogP contribution in [0.3, 0.4) is 0 Å². The molecule has 25 heavy (non-hydrogen) atoms. The first kappa shape index (κ1) is 17.1. The van der Waals surface area contributed by atoms with Crippen LogP contribution < -0.4 is 5.32 Å². The Morgan fingerprint density at radius 2 is 2.08 bits per heavy atom. The SMILES string of the molecule is OCC1CCC(Nc2cc(Cl)ncc2C#CC2C[C@@H]3CC[C@@H]2O3)CC1. The number of nitrogens with one attached hydrogen (secondary N) is 1. The van der Waals surface area contributed by atoms with Crippen molar-refractivity contribution in [2.75, 3.05) is 11.9 Å². The Hall–Kier alpha value is -1.28. The van der Waals surface area contributed by atoms with Crippen molar-refractivity contribution in [2.24, 2.45) is 11.8 Å². The fraction of sp³-hybridized carbons (Fsp3) is 0.650. The quantitative estimate of drug-likeness (QED) is 0.638. The molecule has 134 valence electrons. The lowest BCUT2D eigenvalue weighted by Crippen LogP contribution is -2.27. The van der Waals surface area contributed by atoms with E-state index in [9.17, 15) is 5.11 Å². The van der Waals surface area contributed by atoms with Gasteiger partial charge in [0.25, 0.3) is 0 Å². The van der Waals surface area contributed by atoms with Crippen molar-refractivity contribution in [2.45, 2.75) is 63.2 Å². The third kappa shape index (κ3) is 3.95. The molecular weight excluding hydrogens is 336 g/mol. The molecule has 2 aliphatic heterocycles. The van der Waals surface area contributed by atoms with Gasteiger partial charge in [-0.2, -0.15) is 0 Å². The standard InChI is InChI=1S/C20H25ClN2O2/c21-20-10-18(23-16-5-1-13(12-24)2-6-16)15(11-22-20)4-3-14-9-17-7-8-19(14)25-17/h10-11,13-14,16-17,19,24H,1-2,5-9,12H2,(H,22,23)/t13?,14?,16?,17-,19-/m0/s1. The highest BCUT2D eigenvalue weighted by molar-refractivity contribution is 6.29. The maximum absolute atomic E-state index is 9.29. The van der Waals surface area contributed by atoms with Gasteiger partial charge in [-0.15, -0.1) is 0 Å². The van der Waals surface area contributed by atoms with E-state index in [1.807, 2.05) is 6.07 Å². The third-order valence-corrected chi connectivity index (χ3v) is 6.04. The van der Waals surface area contributed by atoms with Gasteiger partial charge < -0.3 is 15.2 Å². The van der Waals surface area contributed by atoms with Gasteiger partial charge in [0.1, 0.15) is 5.15 Å². The molecule has 3 atom stereocenters. The van der Waals surface area contributed by atoms with Crippen LogP contribution in [0.5, 0.6) is 0 Å². The lowest BCUT2D eigenvalue weighted by molar-refractivity contribution is 0.0987. The number of nitrogens with zero attached hydrogens (tertiary/aromatic N) is 1. The van der Waals surface area contributed by atoms with Gasteiger partial charge in [-0.1, -0.05) is 23.4 Å². The number of aliphatic hydroxyl groups is 1. The average molecular weight is 361 g/mol. The second-order valence-electron chi connectivity index (χ2n) is 7.58. The predicted octanol–water partition coefficient (Wildman–Crippen LogP) is 3.62. The van der Waals surface area contributed by atoms with Crippen molar-refractivity contribution in [3.05, 3.63) is 23.0 Å². The van der Waals surface area contributed by atoms with Crippen LogP contribution in [0.25, 0.3) is 0 Å². The van der Waals surface area contributed by atoms with Crippen LogP contribution in [-0.4, -0.2) is 34.9 Å². The highest BCUT2D eigenvalue weighted by Crippen LogP contribution is 2.38. The number of hydrogen-bond acceptors (Lipinski definition) is 4. The summed E-state index contributed by atoms with van der Waals surface area (Å²) < 4.78 is 5.89. The van der Waals surface area contributed by atoms with Crippen LogP contribution >= 0.6 is 11.6 Å². The fourth-order valence-corrected chi connectivity index (χ4v) is 4.48. The third-order valence-electron chi connectivity index (χ3n) is 5.83. The first-order chi connectivity index (χ1) is 12.2. The van der Waals surface area contributed by atoms with E-state index < -0.39 is 0 Å². The van der Waals surface area contributed by atoms with Crippen molar-refractivity contribution < 1.29 is 9.84 Å². The molecule has 4 nitrogen and oxygen atoms in total. The molecule has 2 saturated heterocycles. The summed E-state index contributed by atoms with van der Waals surface area (Å²) in [6.45, 7) is 0.302. The molecule has 0 radical (unpaired) electrons. The van der Waals surface area contributed by atoms with Crippen molar-refractivity contribution >= 4 is 17.3 Å². The van der Waals surface area contributed by atoms with E-state index in [-0.39, 0.29) is 0 Å². The number of halogens is 1. The number of rotatable bonds is 3. The highest BCUT2D eigenvalue weighted by Gasteiger charge is 2.39. The number of pyridine rings is 1. The molecule has 5 heteroatoms. The number of aromatic nitrogens is 1. The van der Waals surface area contributed by atoms with Gasteiger partial charge in [-0.25, -0.2) is 4.98 Å². The van der Waals surface area contributed by atoms with E-state index in [1.54, 1.807) is 6.20 Å². The molecule has 1 aromatic rings. The van der Waals surface area contributed by atoms with Gasteiger partial charge in [0.05, 0.1) is 23.5 Å². The van der Waals surface area contributed by atoms with Crippen LogP contribution in [-0.2, 0) is 4.74 Å². The van der Waals surface area contributed by atoms with Crippen molar-refractivity contribution in [1.82, 2.24) is 4.98 Å². The minimum atomic E-state index is 0.302. The molecule has 2 N–H and O–H groups in total. The zero-order valence-corrected chi connectivity index (χ0v) is 15.1. The summed E-state index contributed by atoms with van der Waals surface area (Å²) in [4.78, 5) is 4.21. The Morgan fingerprint density at radius 1 is 1.24 bits per heavy atom. The van der Waals surface area contributed by atoms with Crippen molar-refractivity contribution in [1.29, 1.82) is 0 Å². The van der Waals surface area contributed by atoms with Gasteiger partial charge in [-0.3, -0.25) is 0 Å². The van der Waals surface area contributed by atoms with Crippen LogP contribution in [0, 0.1) is 23.7 Å².